The standard InChI is InChI=1S/C28H26N4O3/c33-26(31(17-20-9-3-1-4-10-20)18-21-11-5-2-6-12-21)19-32-27(34)25(30-28(32)35)15-22-16-29-24-14-8-7-13-23(22)24/h1-14,16,25,29H,15,17-19H2,(H,30,35). The summed E-state index contributed by atoms with van der Waals surface area (Å²) < 4.78 is 0. The molecule has 0 bridgehead atoms. The quantitative estimate of drug-likeness (QED) is 0.387. The van der Waals surface area contributed by atoms with Crippen molar-refractivity contribution in [3.05, 3.63) is 108 Å². The first kappa shape index (κ1) is 22.4. The van der Waals surface area contributed by atoms with E-state index in [4.69, 9.17) is 0 Å². The van der Waals surface area contributed by atoms with Crippen molar-refractivity contribution >= 4 is 28.7 Å². The highest BCUT2D eigenvalue weighted by molar-refractivity contribution is 6.06. The van der Waals surface area contributed by atoms with Gasteiger partial charge in [-0.25, -0.2) is 4.79 Å². The van der Waals surface area contributed by atoms with Gasteiger partial charge in [-0.1, -0.05) is 78.9 Å². The molecule has 0 aliphatic carbocycles. The second kappa shape index (κ2) is 9.85. The zero-order chi connectivity index (χ0) is 24.2. The maximum atomic E-state index is 13.3. The van der Waals surface area contributed by atoms with Crippen molar-refractivity contribution in [3.63, 3.8) is 0 Å². The van der Waals surface area contributed by atoms with Gasteiger partial charge in [-0.2, -0.15) is 0 Å². The number of urea groups is 1. The summed E-state index contributed by atoms with van der Waals surface area (Å²) in [5, 5.41) is 3.77. The lowest BCUT2D eigenvalue weighted by molar-refractivity contribution is -0.138. The molecule has 0 saturated carbocycles. The molecule has 1 atom stereocenters. The van der Waals surface area contributed by atoms with Gasteiger partial charge in [0.1, 0.15) is 12.6 Å². The fourth-order valence-corrected chi connectivity index (χ4v) is 4.46. The number of aromatic nitrogens is 1. The van der Waals surface area contributed by atoms with E-state index in [2.05, 4.69) is 10.3 Å². The molecule has 7 nitrogen and oxygen atoms in total. The maximum Gasteiger partial charge on any atom is 0.325 e. The number of amides is 4. The molecule has 4 amide bonds. The third-order valence-electron chi connectivity index (χ3n) is 6.28. The minimum atomic E-state index is -0.703. The predicted octanol–water partition coefficient (Wildman–Crippen LogP) is 3.86. The Hall–Kier alpha value is -4.39. The smallest absolute Gasteiger partial charge is 0.325 e. The molecule has 1 unspecified atom stereocenters. The molecular formula is C28H26N4O3. The normalized spacial score (nSPS) is 15.4. The number of nitrogens with zero attached hydrogens (tertiary/aromatic N) is 2. The van der Waals surface area contributed by atoms with Crippen LogP contribution in [0.2, 0.25) is 0 Å². The summed E-state index contributed by atoms with van der Waals surface area (Å²) in [7, 11) is 0. The van der Waals surface area contributed by atoms with Crippen LogP contribution in [0.25, 0.3) is 10.9 Å². The van der Waals surface area contributed by atoms with Gasteiger partial charge in [0.25, 0.3) is 5.91 Å². The van der Waals surface area contributed by atoms with Crippen LogP contribution in [0.15, 0.2) is 91.1 Å². The fourth-order valence-electron chi connectivity index (χ4n) is 4.46. The van der Waals surface area contributed by atoms with Crippen molar-refractivity contribution in [2.75, 3.05) is 6.54 Å². The second-order valence-electron chi connectivity index (χ2n) is 8.71. The Bertz CT molecular complexity index is 1310. The Labute approximate surface area is 203 Å². The fraction of sp³-hybridized carbons (Fsp3) is 0.179. The number of nitrogens with one attached hydrogen (secondary N) is 2. The Morgan fingerprint density at radius 2 is 1.43 bits per heavy atom. The third kappa shape index (κ3) is 4.94. The highest BCUT2D eigenvalue weighted by atomic mass is 16.2. The van der Waals surface area contributed by atoms with E-state index in [-0.39, 0.29) is 18.4 Å². The molecule has 1 saturated heterocycles. The third-order valence-corrected chi connectivity index (χ3v) is 6.28. The highest BCUT2D eigenvalue weighted by Gasteiger charge is 2.39. The number of aromatic amines is 1. The first-order valence-electron chi connectivity index (χ1n) is 11.6. The Balaban J connectivity index is 1.30. The number of carbonyl (C=O) groups excluding carboxylic acids is 3. The number of benzene rings is 3. The monoisotopic (exact) mass is 466 g/mol. The van der Waals surface area contributed by atoms with Crippen molar-refractivity contribution in [2.24, 2.45) is 0 Å². The lowest BCUT2D eigenvalue weighted by Crippen LogP contribution is -2.43. The Morgan fingerprint density at radius 3 is 2.09 bits per heavy atom. The molecule has 1 aliphatic heterocycles. The van der Waals surface area contributed by atoms with E-state index in [9.17, 15) is 14.4 Å². The van der Waals surface area contributed by atoms with E-state index < -0.39 is 12.1 Å². The number of hydrogen-bond acceptors (Lipinski definition) is 3. The van der Waals surface area contributed by atoms with E-state index in [1.807, 2.05) is 91.1 Å². The molecule has 35 heavy (non-hydrogen) atoms. The first-order chi connectivity index (χ1) is 17.1. The lowest BCUT2D eigenvalue weighted by Gasteiger charge is -2.25. The van der Waals surface area contributed by atoms with Gasteiger partial charge in [0, 0.05) is 36.6 Å². The molecule has 176 valence electrons. The van der Waals surface area contributed by atoms with Crippen LogP contribution in [0.4, 0.5) is 4.79 Å². The van der Waals surface area contributed by atoms with Crippen LogP contribution in [-0.2, 0) is 29.1 Å². The number of fused-ring (bicyclic) bond motifs is 1. The number of imide groups is 1. The van der Waals surface area contributed by atoms with Crippen LogP contribution in [-0.4, -0.2) is 45.2 Å². The molecule has 1 aromatic heterocycles. The molecule has 2 N–H and O–H groups in total. The van der Waals surface area contributed by atoms with Crippen LogP contribution >= 0.6 is 0 Å². The molecule has 3 aromatic carbocycles. The lowest BCUT2D eigenvalue weighted by atomic mass is 10.1. The molecule has 1 fully saturated rings. The number of hydrogen-bond donors (Lipinski definition) is 2. The van der Waals surface area contributed by atoms with Crippen LogP contribution < -0.4 is 5.32 Å². The summed E-state index contributed by atoms with van der Waals surface area (Å²) in [6.45, 7) is 0.475. The Kier molecular flexibility index (Phi) is 6.30. The van der Waals surface area contributed by atoms with Gasteiger partial charge in [0.2, 0.25) is 5.91 Å². The summed E-state index contributed by atoms with van der Waals surface area (Å²) >= 11 is 0. The van der Waals surface area contributed by atoms with Crippen molar-refractivity contribution < 1.29 is 14.4 Å². The average Bonchev–Trinajstić information content (AvgIpc) is 3.41. The number of para-hydroxylation sites is 1. The van der Waals surface area contributed by atoms with E-state index in [0.29, 0.717) is 19.5 Å². The minimum Gasteiger partial charge on any atom is -0.361 e. The summed E-state index contributed by atoms with van der Waals surface area (Å²) in [4.78, 5) is 45.0. The van der Waals surface area contributed by atoms with Crippen LogP contribution in [0, 0.1) is 0 Å². The molecule has 2 heterocycles. The van der Waals surface area contributed by atoms with E-state index >= 15 is 0 Å². The second-order valence-corrected chi connectivity index (χ2v) is 8.71. The average molecular weight is 467 g/mol. The van der Waals surface area contributed by atoms with Crippen LogP contribution in [0.1, 0.15) is 16.7 Å². The maximum absolute atomic E-state index is 13.3. The van der Waals surface area contributed by atoms with Crippen LogP contribution in [0.3, 0.4) is 0 Å². The van der Waals surface area contributed by atoms with Gasteiger partial charge >= 0.3 is 6.03 Å². The zero-order valence-corrected chi connectivity index (χ0v) is 19.2. The molecular weight excluding hydrogens is 440 g/mol. The first-order valence-corrected chi connectivity index (χ1v) is 11.6. The van der Waals surface area contributed by atoms with E-state index in [0.717, 1.165) is 32.5 Å². The van der Waals surface area contributed by atoms with Crippen LogP contribution in [0.5, 0.6) is 0 Å². The molecule has 0 radical (unpaired) electrons. The van der Waals surface area contributed by atoms with E-state index in [1.165, 1.54) is 0 Å². The van der Waals surface area contributed by atoms with Crippen molar-refractivity contribution in [3.8, 4) is 0 Å². The van der Waals surface area contributed by atoms with Gasteiger partial charge in [0.15, 0.2) is 0 Å². The van der Waals surface area contributed by atoms with Gasteiger partial charge in [-0.15, -0.1) is 0 Å². The summed E-state index contributed by atoms with van der Waals surface area (Å²) in [6.07, 6.45) is 2.22. The summed E-state index contributed by atoms with van der Waals surface area (Å²) in [6, 6.07) is 25.9. The number of carbonyl (C=O) groups is 3. The minimum absolute atomic E-state index is 0.283. The van der Waals surface area contributed by atoms with Crippen molar-refractivity contribution in [2.45, 2.75) is 25.6 Å². The Morgan fingerprint density at radius 1 is 0.829 bits per heavy atom. The topological polar surface area (TPSA) is 85.5 Å². The molecule has 1 aliphatic rings. The van der Waals surface area contributed by atoms with Crippen molar-refractivity contribution in [1.29, 1.82) is 0 Å². The van der Waals surface area contributed by atoms with E-state index in [1.54, 1.807) is 4.90 Å². The SMILES string of the molecule is O=C(CN1C(=O)NC(Cc2c[nH]c3ccccc23)C1=O)N(Cc1ccccc1)Cc1ccccc1. The van der Waals surface area contributed by atoms with Gasteiger partial charge in [-0.05, 0) is 22.8 Å². The van der Waals surface area contributed by atoms with Gasteiger partial charge < -0.3 is 15.2 Å². The number of rotatable bonds is 8. The highest BCUT2D eigenvalue weighted by Crippen LogP contribution is 2.21. The molecule has 0 spiro atoms. The molecule has 4 aromatic rings. The summed E-state index contributed by atoms with van der Waals surface area (Å²) in [5.41, 5.74) is 3.88. The van der Waals surface area contributed by atoms with Gasteiger partial charge in [-0.3, -0.25) is 14.5 Å². The molecule has 7 heteroatoms. The zero-order valence-electron chi connectivity index (χ0n) is 19.2. The van der Waals surface area contributed by atoms with Gasteiger partial charge in [0.05, 0.1) is 0 Å². The largest absolute Gasteiger partial charge is 0.361 e. The summed E-state index contributed by atoms with van der Waals surface area (Å²) in [5.74, 6) is -0.665. The number of H-pyrrole nitrogens is 1. The molecule has 5 rings (SSSR count). The predicted molar refractivity (Wildman–Crippen MR) is 133 cm³/mol. The van der Waals surface area contributed by atoms with Crippen molar-refractivity contribution in [1.82, 2.24) is 20.1 Å².